The lowest BCUT2D eigenvalue weighted by Crippen LogP contribution is -2.14. The molecule has 0 atom stereocenters. The van der Waals surface area contributed by atoms with Gasteiger partial charge in [-0.25, -0.2) is 8.42 Å². The molecule has 0 fully saturated rings. The average Bonchev–Trinajstić information content (AvgIpc) is 3.29. The summed E-state index contributed by atoms with van der Waals surface area (Å²) in [6, 6.07) is 15.4. The van der Waals surface area contributed by atoms with Crippen molar-refractivity contribution in [2.24, 2.45) is 0 Å². The Hall–Kier alpha value is -3.43. The molecule has 30 heavy (non-hydrogen) atoms. The number of anilines is 2. The summed E-state index contributed by atoms with van der Waals surface area (Å²) in [6.07, 6.45) is 1.41. The van der Waals surface area contributed by atoms with Crippen LogP contribution in [0.25, 0.3) is 0 Å². The van der Waals surface area contributed by atoms with E-state index in [1.165, 1.54) is 37.6 Å². The van der Waals surface area contributed by atoms with E-state index in [1.807, 2.05) is 0 Å². The zero-order chi connectivity index (χ0) is 21.6. The van der Waals surface area contributed by atoms with E-state index in [2.05, 4.69) is 10.6 Å². The first-order valence-electron chi connectivity index (χ1n) is 8.97. The fourth-order valence-electron chi connectivity index (χ4n) is 2.57. The van der Waals surface area contributed by atoms with Crippen LogP contribution in [0.15, 0.2) is 76.2 Å². The minimum atomic E-state index is -3.45. The number of rotatable bonds is 8. The van der Waals surface area contributed by atoms with Gasteiger partial charge in [-0.1, -0.05) is 0 Å². The number of hydrogen-bond acceptors (Lipinski definition) is 6. The standard InChI is InChI=1S/C21H20N2O6S/c1-28-13-14-30(26,27)18-10-4-15(5-11-18)20(24)22-16-6-8-17(9-7-16)23-21(25)19-3-2-12-29-19/h2-12H,13-14H2,1H3,(H,22,24)(H,23,25). The van der Waals surface area contributed by atoms with Crippen molar-refractivity contribution in [2.75, 3.05) is 30.1 Å². The number of amides is 2. The van der Waals surface area contributed by atoms with Gasteiger partial charge in [0.25, 0.3) is 11.8 Å². The number of benzene rings is 2. The van der Waals surface area contributed by atoms with Crippen molar-refractivity contribution in [3.8, 4) is 0 Å². The summed E-state index contributed by atoms with van der Waals surface area (Å²) >= 11 is 0. The molecule has 1 heterocycles. The van der Waals surface area contributed by atoms with Crippen LogP contribution >= 0.6 is 0 Å². The molecule has 0 unspecified atom stereocenters. The van der Waals surface area contributed by atoms with Gasteiger partial charge in [0.05, 0.1) is 23.5 Å². The zero-order valence-corrected chi connectivity index (χ0v) is 16.9. The number of hydrogen-bond donors (Lipinski definition) is 2. The van der Waals surface area contributed by atoms with E-state index in [9.17, 15) is 18.0 Å². The summed E-state index contributed by atoms with van der Waals surface area (Å²) in [5, 5.41) is 5.40. The van der Waals surface area contributed by atoms with Gasteiger partial charge in [0, 0.05) is 24.0 Å². The highest BCUT2D eigenvalue weighted by molar-refractivity contribution is 7.91. The molecule has 0 saturated carbocycles. The number of nitrogens with one attached hydrogen (secondary N) is 2. The number of sulfone groups is 1. The van der Waals surface area contributed by atoms with Gasteiger partial charge in [-0.2, -0.15) is 0 Å². The number of methoxy groups -OCH3 is 1. The van der Waals surface area contributed by atoms with Crippen molar-refractivity contribution in [2.45, 2.75) is 4.90 Å². The van der Waals surface area contributed by atoms with Gasteiger partial charge < -0.3 is 19.8 Å². The molecular weight excluding hydrogens is 408 g/mol. The van der Waals surface area contributed by atoms with E-state index in [0.29, 0.717) is 16.9 Å². The Morgan fingerprint density at radius 3 is 2.03 bits per heavy atom. The molecule has 2 aromatic carbocycles. The van der Waals surface area contributed by atoms with Gasteiger partial charge in [-0.05, 0) is 60.7 Å². The first kappa shape index (κ1) is 21.3. The molecule has 0 aliphatic carbocycles. The number of carbonyl (C=O) groups is 2. The third-order valence-corrected chi connectivity index (χ3v) is 5.87. The van der Waals surface area contributed by atoms with Gasteiger partial charge in [0.1, 0.15) is 0 Å². The van der Waals surface area contributed by atoms with Crippen LogP contribution in [-0.4, -0.2) is 39.7 Å². The first-order chi connectivity index (χ1) is 14.4. The summed E-state index contributed by atoms with van der Waals surface area (Å²) in [5.74, 6) is -0.696. The van der Waals surface area contributed by atoms with E-state index in [4.69, 9.17) is 9.15 Å². The van der Waals surface area contributed by atoms with Crippen LogP contribution in [0.5, 0.6) is 0 Å². The quantitative estimate of drug-likeness (QED) is 0.569. The van der Waals surface area contributed by atoms with Crippen LogP contribution in [0, 0.1) is 0 Å². The first-order valence-corrected chi connectivity index (χ1v) is 10.6. The van der Waals surface area contributed by atoms with Crippen molar-refractivity contribution in [3.63, 3.8) is 0 Å². The lowest BCUT2D eigenvalue weighted by atomic mass is 10.2. The Bertz CT molecular complexity index is 1110. The van der Waals surface area contributed by atoms with E-state index < -0.39 is 9.84 Å². The average molecular weight is 428 g/mol. The molecule has 3 rings (SSSR count). The topological polar surface area (TPSA) is 115 Å². The Labute approximate surface area is 173 Å². The molecule has 3 aromatic rings. The van der Waals surface area contributed by atoms with Gasteiger partial charge in [0.2, 0.25) is 0 Å². The molecule has 0 saturated heterocycles. The molecule has 0 aliphatic heterocycles. The number of ether oxygens (including phenoxy) is 1. The van der Waals surface area contributed by atoms with Crippen molar-refractivity contribution >= 4 is 33.0 Å². The molecule has 1 aromatic heterocycles. The molecular formula is C21H20N2O6S. The maximum atomic E-state index is 12.4. The van der Waals surface area contributed by atoms with Crippen LogP contribution in [0.3, 0.4) is 0 Å². The Morgan fingerprint density at radius 2 is 1.50 bits per heavy atom. The molecule has 156 valence electrons. The van der Waals surface area contributed by atoms with Crippen molar-refractivity contribution in [1.29, 1.82) is 0 Å². The minimum Gasteiger partial charge on any atom is -0.459 e. The number of furan rings is 1. The highest BCUT2D eigenvalue weighted by Gasteiger charge is 2.15. The lowest BCUT2D eigenvalue weighted by Gasteiger charge is -2.08. The molecule has 0 aliphatic rings. The highest BCUT2D eigenvalue weighted by atomic mass is 32.2. The van der Waals surface area contributed by atoms with E-state index in [0.717, 1.165) is 0 Å². The molecule has 0 radical (unpaired) electrons. The monoisotopic (exact) mass is 428 g/mol. The molecule has 2 N–H and O–H groups in total. The van der Waals surface area contributed by atoms with Crippen molar-refractivity contribution in [1.82, 2.24) is 0 Å². The fraction of sp³-hybridized carbons (Fsp3) is 0.143. The van der Waals surface area contributed by atoms with Crippen LogP contribution in [0.4, 0.5) is 11.4 Å². The second-order valence-electron chi connectivity index (χ2n) is 6.30. The van der Waals surface area contributed by atoms with Gasteiger partial charge in [-0.15, -0.1) is 0 Å². The summed E-state index contributed by atoms with van der Waals surface area (Å²) in [5.41, 5.74) is 1.38. The molecule has 9 heteroatoms. The summed E-state index contributed by atoms with van der Waals surface area (Å²) < 4.78 is 34.1. The largest absolute Gasteiger partial charge is 0.459 e. The van der Waals surface area contributed by atoms with Crippen molar-refractivity contribution in [3.05, 3.63) is 78.3 Å². The minimum absolute atomic E-state index is 0.0997. The third-order valence-electron chi connectivity index (χ3n) is 4.18. The van der Waals surface area contributed by atoms with Gasteiger partial charge in [0.15, 0.2) is 15.6 Å². The van der Waals surface area contributed by atoms with E-state index in [-0.39, 0.29) is 34.8 Å². The fourth-order valence-corrected chi connectivity index (χ4v) is 3.74. The second kappa shape index (κ2) is 9.38. The third kappa shape index (κ3) is 5.34. The van der Waals surface area contributed by atoms with Crippen molar-refractivity contribution < 1.29 is 27.2 Å². The zero-order valence-electron chi connectivity index (χ0n) is 16.1. The Morgan fingerprint density at radius 1 is 0.900 bits per heavy atom. The normalized spacial score (nSPS) is 11.1. The van der Waals surface area contributed by atoms with Crippen LogP contribution in [-0.2, 0) is 14.6 Å². The van der Waals surface area contributed by atoms with Crippen LogP contribution < -0.4 is 10.6 Å². The predicted molar refractivity (Wildman–Crippen MR) is 111 cm³/mol. The van der Waals surface area contributed by atoms with Gasteiger partial charge >= 0.3 is 0 Å². The maximum Gasteiger partial charge on any atom is 0.291 e. The van der Waals surface area contributed by atoms with Crippen LogP contribution in [0.2, 0.25) is 0 Å². The Kier molecular flexibility index (Phi) is 6.65. The second-order valence-corrected chi connectivity index (χ2v) is 8.41. The SMILES string of the molecule is COCCS(=O)(=O)c1ccc(C(=O)Nc2ccc(NC(=O)c3ccco3)cc2)cc1. The molecule has 8 nitrogen and oxygen atoms in total. The van der Waals surface area contributed by atoms with E-state index >= 15 is 0 Å². The van der Waals surface area contributed by atoms with E-state index in [1.54, 1.807) is 36.4 Å². The smallest absolute Gasteiger partial charge is 0.291 e. The predicted octanol–water partition coefficient (Wildman–Crippen LogP) is 3.20. The molecule has 2 amide bonds. The van der Waals surface area contributed by atoms with Crippen LogP contribution in [0.1, 0.15) is 20.9 Å². The Balaban J connectivity index is 1.61. The molecule has 0 spiro atoms. The number of carbonyl (C=O) groups excluding carboxylic acids is 2. The maximum absolute atomic E-state index is 12.4. The lowest BCUT2D eigenvalue weighted by molar-refractivity contribution is 0.0994. The highest BCUT2D eigenvalue weighted by Crippen LogP contribution is 2.17. The van der Waals surface area contributed by atoms with Gasteiger partial charge in [-0.3, -0.25) is 9.59 Å². The summed E-state index contributed by atoms with van der Waals surface area (Å²) in [7, 11) is -2.02. The summed E-state index contributed by atoms with van der Waals surface area (Å²) in [6.45, 7) is 0.0997. The summed E-state index contributed by atoms with van der Waals surface area (Å²) in [4.78, 5) is 24.5. The molecule has 0 bridgehead atoms.